The number of hydrogen-bond acceptors (Lipinski definition) is 3. The molecule has 0 unspecified atom stereocenters. The van der Waals surface area contributed by atoms with Crippen molar-refractivity contribution in [3.8, 4) is 0 Å². The van der Waals surface area contributed by atoms with E-state index in [-0.39, 0.29) is 22.3 Å². The molecule has 0 radical (unpaired) electrons. The molecule has 1 aliphatic rings. The first-order chi connectivity index (χ1) is 10.2. The standard InChI is InChI=1S/C18H38O3Si2/c1-17(2,3)22(7,8)20-14-16-13-15(11-12-19-16)21-23(9,10)18(4,5)6/h11-12,15-16H,13-14H2,1-10H3/t15-,16+/m1/s1. The first-order valence-corrected chi connectivity index (χ1v) is 14.6. The van der Waals surface area contributed by atoms with Gasteiger partial charge in [0.25, 0.3) is 0 Å². The minimum atomic E-state index is -1.75. The molecule has 0 aliphatic carbocycles. The first kappa shape index (κ1) is 20.9. The van der Waals surface area contributed by atoms with Crippen LogP contribution in [0.1, 0.15) is 48.0 Å². The highest BCUT2D eigenvalue weighted by molar-refractivity contribution is 6.74. The van der Waals surface area contributed by atoms with E-state index in [4.69, 9.17) is 13.6 Å². The maximum atomic E-state index is 6.50. The Hall–Kier alpha value is -0.106. The molecular formula is C18H38O3Si2. The third-order valence-electron chi connectivity index (χ3n) is 5.75. The largest absolute Gasteiger partial charge is 0.496 e. The summed E-state index contributed by atoms with van der Waals surface area (Å²) in [5, 5.41) is 0.459. The van der Waals surface area contributed by atoms with Crippen LogP contribution in [0.25, 0.3) is 0 Å². The molecule has 0 saturated heterocycles. The minimum absolute atomic E-state index is 0.101. The van der Waals surface area contributed by atoms with Crippen molar-refractivity contribution in [3.05, 3.63) is 12.3 Å². The minimum Gasteiger partial charge on any atom is -0.496 e. The fourth-order valence-electron chi connectivity index (χ4n) is 1.91. The Labute approximate surface area is 146 Å². The zero-order valence-electron chi connectivity index (χ0n) is 16.9. The summed E-state index contributed by atoms with van der Waals surface area (Å²) in [6.45, 7) is 23.5. The summed E-state index contributed by atoms with van der Waals surface area (Å²) in [5.74, 6) is 0. The van der Waals surface area contributed by atoms with Crippen LogP contribution in [-0.4, -0.2) is 35.4 Å². The van der Waals surface area contributed by atoms with Gasteiger partial charge in [0.05, 0.1) is 19.0 Å². The third-order valence-corrected chi connectivity index (χ3v) is 14.8. The van der Waals surface area contributed by atoms with E-state index >= 15 is 0 Å². The zero-order chi connectivity index (χ0) is 18.1. The quantitative estimate of drug-likeness (QED) is 0.590. The van der Waals surface area contributed by atoms with Gasteiger partial charge in [-0.1, -0.05) is 41.5 Å². The van der Waals surface area contributed by atoms with Crippen molar-refractivity contribution < 1.29 is 13.6 Å². The molecule has 0 bridgehead atoms. The lowest BCUT2D eigenvalue weighted by Gasteiger charge is -2.41. The molecule has 0 fully saturated rings. The van der Waals surface area contributed by atoms with Crippen LogP contribution in [-0.2, 0) is 13.6 Å². The van der Waals surface area contributed by atoms with Gasteiger partial charge in [0.15, 0.2) is 16.6 Å². The van der Waals surface area contributed by atoms with Crippen LogP contribution in [0.5, 0.6) is 0 Å². The molecule has 0 spiro atoms. The molecule has 0 N–H and O–H groups in total. The van der Waals surface area contributed by atoms with Gasteiger partial charge in [0.2, 0.25) is 0 Å². The van der Waals surface area contributed by atoms with E-state index in [9.17, 15) is 0 Å². The summed E-state index contributed by atoms with van der Waals surface area (Å²) in [6.07, 6.45) is 5.00. The molecule has 1 heterocycles. The van der Waals surface area contributed by atoms with Crippen molar-refractivity contribution in [2.24, 2.45) is 0 Å². The second-order valence-corrected chi connectivity index (χ2v) is 19.4. The molecule has 23 heavy (non-hydrogen) atoms. The van der Waals surface area contributed by atoms with E-state index in [1.165, 1.54) is 0 Å². The van der Waals surface area contributed by atoms with E-state index in [1.54, 1.807) is 6.26 Å². The molecule has 0 aromatic rings. The van der Waals surface area contributed by atoms with Crippen molar-refractivity contribution in [3.63, 3.8) is 0 Å². The second-order valence-electron chi connectivity index (χ2n) is 9.81. The molecule has 2 atom stereocenters. The third kappa shape index (κ3) is 5.73. The van der Waals surface area contributed by atoms with Gasteiger partial charge >= 0.3 is 0 Å². The van der Waals surface area contributed by atoms with Gasteiger partial charge in [-0.2, -0.15) is 0 Å². The van der Waals surface area contributed by atoms with Gasteiger partial charge < -0.3 is 13.6 Å². The number of rotatable bonds is 5. The topological polar surface area (TPSA) is 27.7 Å². The molecular weight excluding hydrogens is 320 g/mol. The highest BCUT2D eigenvalue weighted by Crippen LogP contribution is 2.39. The lowest BCUT2D eigenvalue weighted by molar-refractivity contribution is 0.0320. The van der Waals surface area contributed by atoms with E-state index in [0.29, 0.717) is 6.61 Å². The maximum absolute atomic E-state index is 6.50. The summed E-state index contributed by atoms with van der Waals surface area (Å²) in [4.78, 5) is 0. The van der Waals surface area contributed by atoms with E-state index in [0.717, 1.165) is 6.42 Å². The lowest BCUT2D eigenvalue weighted by atomic mass is 10.1. The molecule has 0 aromatic carbocycles. The van der Waals surface area contributed by atoms with E-state index < -0.39 is 16.6 Å². The van der Waals surface area contributed by atoms with Crippen LogP contribution in [0.2, 0.25) is 36.3 Å². The van der Waals surface area contributed by atoms with Gasteiger partial charge in [-0.15, -0.1) is 0 Å². The van der Waals surface area contributed by atoms with Gasteiger partial charge in [0.1, 0.15) is 6.10 Å². The first-order valence-electron chi connectivity index (χ1n) is 8.80. The van der Waals surface area contributed by atoms with Crippen LogP contribution in [0.3, 0.4) is 0 Å². The molecule has 0 saturated carbocycles. The van der Waals surface area contributed by atoms with Crippen LogP contribution in [0.4, 0.5) is 0 Å². The summed E-state index contributed by atoms with van der Waals surface area (Å²) in [6, 6.07) is 0. The Morgan fingerprint density at radius 1 is 0.957 bits per heavy atom. The Kier molecular flexibility index (Phi) is 6.39. The molecule has 3 nitrogen and oxygen atoms in total. The van der Waals surface area contributed by atoms with Crippen molar-refractivity contribution in [1.82, 2.24) is 0 Å². The summed E-state index contributed by atoms with van der Waals surface area (Å²) in [5.41, 5.74) is 0. The van der Waals surface area contributed by atoms with E-state index in [2.05, 4.69) is 73.8 Å². The highest BCUT2D eigenvalue weighted by Gasteiger charge is 2.41. The van der Waals surface area contributed by atoms with Crippen molar-refractivity contribution in [2.45, 2.75) is 96.4 Å². The Bertz CT molecular complexity index is 417. The van der Waals surface area contributed by atoms with Gasteiger partial charge in [0, 0.05) is 6.42 Å². The average molecular weight is 359 g/mol. The molecule has 1 rings (SSSR count). The van der Waals surface area contributed by atoms with Gasteiger partial charge in [-0.3, -0.25) is 0 Å². The van der Waals surface area contributed by atoms with Crippen molar-refractivity contribution in [2.75, 3.05) is 6.61 Å². The molecule has 5 heteroatoms. The van der Waals surface area contributed by atoms with Crippen LogP contribution >= 0.6 is 0 Å². The number of ether oxygens (including phenoxy) is 1. The fourth-order valence-corrected chi connectivity index (χ4v) is 4.23. The zero-order valence-corrected chi connectivity index (χ0v) is 18.9. The molecule has 0 aromatic heterocycles. The van der Waals surface area contributed by atoms with E-state index in [1.807, 2.05) is 0 Å². The summed E-state index contributed by atoms with van der Waals surface area (Å²) >= 11 is 0. The van der Waals surface area contributed by atoms with Crippen molar-refractivity contribution in [1.29, 1.82) is 0 Å². The molecule has 1 aliphatic heterocycles. The number of hydrogen-bond donors (Lipinski definition) is 0. The Balaban J connectivity index is 2.60. The predicted octanol–water partition coefficient (Wildman–Crippen LogP) is 5.70. The predicted molar refractivity (Wildman–Crippen MR) is 104 cm³/mol. The lowest BCUT2D eigenvalue weighted by Crippen LogP contribution is -2.46. The normalized spacial score (nSPS) is 23.7. The summed E-state index contributed by atoms with van der Waals surface area (Å²) < 4.78 is 18.6. The Morgan fingerprint density at radius 2 is 1.48 bits per heavy atom. The Morgan fingerprint density at radius 3 is 1.96 bits per heavy atom. The van der Waals surface area contributed by atoms with Gasteiger partial charge in [-0.05, 0) is 42.3 Å². The summed E-state index contributed by atoms with van der Waals surface area (Å²) in [7, 11) is -3.47. The van der Waals surface area contributed by atoms with Crippen LogP contribution < -0.4 is 0 Å². The second kappa shape index (κ2) is 7.02. The average Bonchev–Trinajstić information content (AvgIpc) is 2.33. The van der Waals surface area contributed by atoms with Crippen LogP contribution in [0, 0.1) is 0 Å². The SMILES string of the molecule is CC(C)(C)[Si](C)(C)OC[C@@H]1C[C@H](O[Si](C)(C)C(C)(C)C)C=CO1. The molecule has 136 valence electrons. The monoisotopic (exact) mass is 358 g/mol. The maximum Gasteiger partial charge on any atom is 0.192 e. The smallest absolute Gasteiger partial charge is 0.192 e. The van der Waals surface area contributed by atoms with Crippen molar-refractivity contribution >= 4 is 16.6 Å². The molecule has 0 amide bonds. The fraction of sp³-hybridized carbons (Fsp3) is 0.889. The van der Waals surface area contributed by atoms with Crippen LogP contribution in [0.15, 0.2) is 12.3 Å². The van der Waals surface area contributed by atoms with Gasteiger partial charge in [-0.25, -0.2) is 0 Å². The highest BCUT2D eigenvalue weighted by atomic mass is 28.4.